The van der Waals surface area contributed by atoms with E-state index < -0.39 is 17.5 Å². The van der Waals surface area contributed by atoms with Gasteiger partial charge in [0.15, 0.2) is 0 Å². The van der Waals surface area contributed by atoms with Gasteiger partial charge in [0.2, 0.25) is 5.91 Å². The highest BCUT2D eigenvalue weighted by molar-refractivity contribution is 6.09. The fraction of sp³-hybridized carbons (Fsp3) is 0.375. The summed E-state index contributed by atoms with van der Waals surface area (Å²) >= 11 is 0. The number of ether oxygens (including phenoxy) is 1. The van der Waals surface area contributed by atoms with Gasteiger partial charge in [0.05, 0.1) is 7.11 Å². The Morgan fingerprint density at radius 1 is 1.13 bits per heavy atom. The molecular formula is C24H29N3O4. The van der Waals surface area contributed by atoms with Crippen LogP contribution in [0.25, 0.3) is 0 Å². The summed E-state index contributed by atoms with van der Waals surface area (Å²) in [7, 11) is 3.21. The Hall–Kier alpha value is -3.35. The number of likely N-dealkylation sites (N-methyl/N-ethyl adjacent to an activating group) is 1. The monoisotopic (exact) mass is 423 g/mol. The molecule has 3 rings (SSSR count). The number of para-hydroxylation sites is 1. The third-order valence-electron chi connectivity index (χ3n) is 5.75. The number of nitrogens with one attached hydrogen (secondary N) is 1. The van der Waals surface area contributed by atoms with Crippen LogP contribution in [-0.4, -0.2) is 48.3 Å². The molecule has 1 aliphatic rings. The summed E-state index contributed by atoms with van der Waals surface area (Å²) < 4.78 is 5.33. The van der Waals surface area contributed by atoms with E-state index in [2.05, 4.69) is 19.2 Å². The zero-order chi connectivity index (χ0) is 22.8. The summed E-state index contributed by atoms with van der Waals surface area (Å²) in [6.07, 6.45) is 0. The highest BCUT2D eigenvalue weighted by atomic mass is 16.5. The normalized spacial score (nSPS) is 18.3. The molecule has 0 aromatic heterocycles. The van der Waals surface area contributed by atoms with Crippen molar-refractivity contribution in [3.8, 4) is 5.75 Å². The van der Waals surface area contributed by atoms with Crippen LogP contribution in [-0.2, 0) is 21.7 Å². The molecule has 4 amide bonds. The van der Waals surface area contributed by atoms with Gasteiger partial charge in [-0.25, -0.2) is 4.79 Å². The number of hydrogen-bond donors (Lipinski definition) is 1. The predicted molar refractivity (Wildman–Crippen MR) is 118 cm³/mol. The minimum atomic E-state index is -1.20. The Morgan fingerprint density at radius 2 is 1.77 bits per heavy atom. The van der Waals surface area contributed by atoms with E-state index >= 15 is 0 Å². The molecule has 0 aliphatic carbocycles. The van der Waals surface area contributed by atoms with Gasteiger partial charge in [-0.15, -0.1) is 0 Å². The van der Waals surface area contributed by atoms with E-state index in [1.807, 2.05) is 48.5 Å². The summed E-state index contributed by atoms with van der Waals surface area (Å²) in [6.45, 7) is 5.83. The lowest BCUT2D eigenvalue weighted by Gasteiger charge is -2.24. The van der Waals surface area contributed by atoms with E-state index in [1.54, 1.807) is 21.1 Å². The molecule has 1 heterocycles. The van der Waals surface area contributed by atoms with Gasteiger partial charge >= 0.3 is 6.03 Å². The molecule has 7 heteroatoms. The second-order valence-corrected chi connectivity index (χ2v) is 8.28. The molecule has 1 N–H and O–H groups in total. The fourth-order valence-corrected chi connectivity index (χ4v) is 3.67. The van der Waals surface area contributed by atoms with Gasteiger partial charge in [-0.3, -0.25) is 14.5 Å². The Kier molecular flexibility index (Phi) is 6.34. The fourth-order valence-electron chi connectivity index (χ4n) is 3.67. The average Bonchev–Trinajstić information content (AvgIpc) is 2.98. The average molecular weight is 424 g/mol. The number of carbonyl (C=O) groups is 3. The van der Waals surface area contributed by atoms with Gasteiger partial charge in [0, 0.05) is 19.2 Å². The van der Waals surface area contributed by atoms with Gasteiger partial charge in [0.25, 0.3) is 5.91 Å². The largest absolute Gasteiger partial charge is 0.496 e. The maximum Gasteiger partial charge on any atom is 0.325 e. The smallest absolute Gasteiger partial charge is 0.325 e. The third-order valence-corrected chi connectivity index (χ3v) is 5.75. The number of benzene rings is 2. The van der Waals surface area contributed by atoms with Crippen molar-refractivity contribution in [2.75, 3.05) is 20.7 Å². The lowest BCUT2D eigenvalue weighted by molar-refractivity contribution is -0.138. The molecule has 164 valence electrons. The van der Waals surface area contributed by atoms with Crippen LogP contribution in [0.2, 0.25) is 0 Å². The van der Waals surface area contributed by atoms with E-state index in [1.165, 1.54) is 4.90 Å². The quantitative estimate of drug-likeness (QED) is 0.694. The molecule has 1 saturated heterocycles. The van der Waals surface area contributed by atoms with Crippen molar-refractivity contribution in [3.05, 3.63) is 65.2 Å². The van der Waals surface area contributed by atoms with Crippen molar-refractivity contribution in [2.45, 2.75) is 38.8 Å². The highest BCUT2D eigenvalue weighted by Crippen LogP contribution is 2.30. The number of methoxy groups -OCH3 is 1. The zero-order valence-corrected chi connectivity index (χ0v) is 18.6. The summed E-state index contributed by atoms with van der Waals surface area (Å²) in [4.78, 5) is 40.9. The number of nitrogens with zero attached hydrogens (tertiary/aromatic N) is 2. The van der Waals surface area contributed by atoms with E-state index in [0.29, 0.717) is 23.8 Å². The van der Waals surface area contributed by atoms with Crippen LogP contribution in [0.5, 0.6) is 5.75 Å². The maximum atomic E-state index is 13.1. The lowest BCUT2D eigenvalue weighted by Crippen LogP contribution is -2.43. The molecule has 0 bridgehead atoms. The molecule has 1 fully saturated rings. The van der Waals surface area contributed by atoms with Crippen LogP contribution >= 0.6 is 0 Å². The van der Waals surface area contributed by atoms with E-state index in [0.717, 1.165) is 16.0 Å². The van der Waals surface area contributed by atoms with Crippen molar-refractivity contribution in [1.82, 2.24) is 15.1 Å². The first-order valence-electron chi connectivity index (χ1n) is 10.3. The molecule has 0 unspecified atom stereocenters. The predicted octanol–water partition coefficient (Wildman–Crippen LogP) is 3.24. The molecule has 7 nitrogen and oxygen atoms in total. The van der Waals surface area contributed by atoms with Gasteiger partial charge in [0.1, 0.15) is 17.8 Å². The van der Waals surface area contributed by atoms with Crippen LogP contribution in [0, 0.1) is 0 Å². The first-order chi connectivity index (χ1) is 14.7. The maximum absolute atomic E-state index is 13.1. The van der Waals surface area contributed by atoms with Crippen molar-refractivity contribution < 1.29 is 19.1 Å². The Bertz CT molecular complexity index is 987. The van der Waals surface area contributed by atoms with Crippen molar-refractivity contribution in [2.24, 2.45) is 0 Å². The van der Waals surface area contributed by atoms with E-state index in [4.69, 9.17) is 4.74 Å². The van der Waals surface area contributed by atoms with E-state index in [-0.39, 0.29) is 12.5 Å². The molecule has 0 spiro atoms. The van der Waals surface area contributed by atoms with Crippen LogP contribution in [0.15, 0.2) is 48.5 Å². The third kappa shape index (κ3) is 4.40. The molecule has 2 aromatic carbocycles. The van der Waals surface area contributed by atoms with Gasteiger partial charge in [-0.05, 0) is 30.0 Å². The van der Waals surface area contributed by atoms with E-state index in [9.17, 15) is 14.4 Å². The molecule has 0 radical (unpaired) electrons. The minimum Gasteiger partial charge on any atom is -0.496 e. The molecule has 1 atom stereocenters. The van der Waals surface area contributed by atoms with Crippen LogP contribution in [0.1, 0.15) is 43.4 Å². The molecule has 2 aromatic rings. The number of amides is 4. The van der Waals surface area contributed by atoms with Crippen molar-refractivity contribution in [1.29, 1.82) is 0 Å². The summed E-state index contributed by atoms with van der Waals surface area (Å²) in [5.74, 6) is 0.265. The number of imide groups is 1. The minimum absolute atomic E-state index is 0.306. The Balaban J connectivity index is 1.72. The summed E-state index contributed by atoms with van der Waals surface area (Å²) in [6, 6.07) is 14.5. The van der Waals surface area contributed by atoms with Crippen molar-refractivity contribution in [3.63, 3.8) is 0 Å². The molecule has 1 aliphatic heterocycles. The molecule has 31 heavy (non-hydrogen) atoms. The first kappa shape index (κ1) is 22.3. The zero-order valence-electron chi connectivity index (χ0n) is 18.6. The molecular weight excluding hydrogens is 394 g/mol. The lowest BCUT2D eigenvalue weighted by atomic mass is 9.90. The Morgan fingerprint density at radius 3 is 2.39 bits per heavy atom. The number of urea groups is 1. The second-order valence-electron chi connectivity index (χ2n) is 8.28. The Labute approximate surface area is 183 Å². The number of rotatable bonds is 7. The molecule has 0 saturated carbocycles. The topological polar surface area (TPSA) is 79.0 Å². The highest BCUT2D eigenvalue weighted by Gasteiger charge is 2.49. The standard InChI is InChI=1S/C24H29N3O4/c1-16(2)17-10-12-19(13-11-17)24(3)22(29)27(23(30)25-24)15-21(28)26(4)14-18-8-6-7-9-20(18)31-5/h6-13,16H,14-15H2,1-5H3,(H,25,30)/t24-/m0/s1. The van der Waals surface area contributed by atoms with Crippen LogP contribution in [0.4, 0.5) is 4.79 Å². The summed E-state index contributed by atoms with van der Waals surface area (Å²) in [5, 5.41) is 2.75. The second kappa shape index (κ2) is 8.79. The summed E-state index contributed by atoms with van der Waals surface area (Å²) in [5.41, 5.74) is 1.48. The van der Waals surface area contributed by atoms with Gasteiger partial charge in [-0.2, -0.15) is 0 Å². The van der Waals surface area contributed by atoms with Gasteiger partial charge < -0.3 is 15.0 Å². The number of hydrogen-bond acceptors (Lipinski definition) is 4. The van der Waals surface area contributed by atoms with Gasteiger partial charge in [-0.1, -0.05) is 56.3 Å². The SMILES string of the molecule is COc1ccccc1CN(C)C(=O)CN1C(=O)N[C@@](C)(c2ccc(C(C)C)cc2)C1=O. The first-order valence-corrected chi connectivity index (χ1v) is 10.3. The van der Waals surface area contributed by atoms with Crippen LogP contribution in [0.3, 0.4) is 0 Å². The van der Waals surface area contributed by atoms with Crippen molar-refractivity contribution >= 4 is 17.8 Å². The number of carbonyl (C=O) groups excluding carboxylic acids is 3. The van der Waals surface area contributed by atoms with Crippen LogP contribution < -0.4 is 10.1 Å².